The summed E-state index contributed by atoms with van der Waals surface area (Å²) in [6, 6.07) is 7.79. The fourth-order valence-corrected chi connectivity index (χ4v) is 1.34. The predicted molar refractivity (Wildman–Crippen MR) is 62.6 cm³/mol. The van der Waals surface area contributed by atoms with E-state index in [9.17, 15) is 5.11 Å². The molecule has 1 aromatic rings. The monoisotopic (exact) mass is 209 g/mol. The maximum absolute atomic E-state index is 9.31. The molecule has 0 amide bonds. The Morgan fingerprint density at radius 3 is 2.47 bits per heavy atom. The predicted octanol–water partition coefficient (Wildman–Crippen LogP) is 1.90. The van der Waals surface area contributed by atoms with Crippen molar-refractivity contribution in [3.8, 4) is 5.75 Å². The fraction of sp³-hybridized carbons (Fsp3) is 0.500. The third kappa shape index (κ3) is 2.42. The number of para-hydroxylation sites is 2. The zero-order valence-corrected chi connectivity index (χ0v) is 9.82. The molecule has 0 bridgehead atoms. The van der Waals surface area contributed by atoms with Crippen LogP contribution in [0.5, 0.6) is 5.75 Å². The number of hydrogen-bond donors (Lipinski definition) is 1. The first-order valence-electron chi connectivity index (χ1n) is 5.00. The van der Waals surface area contributed by atoms with E-state index in [1.165, 1.54) is 0 Å². The normalized spacial score (nSPS) is 11.3. The molecule has 0 saturated heterocycles. The number of aliphatic hydroxyl groups is 1. The van der Waals surface area contributed by atoms with E-state index in [2.05, 4.69) is 0 Å². The first kappa shape index (κ1) is 11.9. The van der Waals surface area contributed by atoms with Crippen molar-refractivity contribution in [1.82, 2.24) is 0 Å². The molecule has 84 valence electrons. The van der Waals surface area contributed by atoms with Gasteiger partial charge in [0.15, 0.2) is 0 Å². The van der Waals surface area contributed by atoms with E-state index in [-0.39, 0.29) is 12.1 Å². The van der Waals surface area contributed by atoms with Gasteiger partial charge in [0.1, 0.15) is 5.75 Å². The van der Waals surface area contributed by atoms with E-state index < -0.39 is 0 Å². The van der Waals surface area contributed by atoms with Crippen LogP contribution in [0.3, 0.4) is 0 Å². The number of anilines is 1. The summed E-state index contributed by atoms with van der Waals surface area (Å²) in [7, 11) is 3.60. The van der Waals surface area contributed by atoms with Gasteiger partial charge >= 0.3 is 0 Å². The Morgan fingerprint density at radius 2 is 1.93 bits per heavy atom. The molecule has 1 rings (SSSR count). The lowest BCUT2D eigenvalue weighted by molar-refractivity contribution is 0.215. The molecule has 0 aliphatic rings. The van der Waals surface area contributed by atoms with E-state index in [4.69, 9.17) is 4.74 Å². The topological polar surface area (TPSA) is 32.7 Å². The van der Waals surface area contributed by atoms with Gasteiger partial charge in [0.2, 0.25) is 0 Å². The molecule has 0 fully saturated rings. The molecule has 0 saturated carbocycles. The van der Waals surface area contributed by atoms with Gasteiger partial charge in [-0.05, 0) is 26.0 Å². The van der Waals surface area contributed by atoms with E-state index >= 15 is 0 Å². The molecule has 0 heterocycles. The Morgan fingerprint density at radius 1 is 1.33 bits per heavy atom. The third-order valence-electron chi connectivity index (χ3n) is 2.74. The molecule has 3 nitrogen and oxygen atoms in total. The van der Waals surface area contributed by atoms with Crippen molar-refractivity contribution in [1.29, 1.82) is 0 Å². The number of rotatable bonds is 4. The lowest BCUT2D eigenvalue weighted by Gasteiger charge is -2.36. The van der Waals surface area contributed by atoms with Gasteiger partial charge in [0.25, 0.3) is 0 Å². The average molecular weight is 209 g/mol. The molecule has 1 aromatic carbocycles. The maximum Gasteiger partial charge on any atom is 0.142 e. The Labute approximate surface area is 91.3 Å². The van der Waals surface area contributed by atoms with Crippen LogP contribution in [0.15, 0.2) is 24.3 Å². The van der Waals surface area contributed by atoms with Gasteiger partial charge < -0.3 is 14.7 Å². The van der Waals surface area contributed by atoms with Gasteiger partial charge in [-0.2, -0.15) is 0 Å². The second-order valence-corrected chi connectivity index (χ2v) is 4.20. The van der Waals surface area contributed by atoms with Gasteiger partial charge in [0.05, 0.1) is 24.9 Å². The quantitative estimate of drug-likeness (QED) is 0.822. The molecule has 0 spiro atoms. The Bertz CT molecular complexity index is 323. The van der Waals surface area contributed by atoms with Crippen LogP contribution in [0.4, 0.5) is 5.69 Å². The Kier molecular flexibility index (Phi) is 3.58. The van der Waals surface area contributed by atoms with Crippen LogP contribution in [0, 0.1) is 0 Å². The van der Waals surface area contributed by atoms with Crippen LogP contribution in [0.1, 0.15) is 13.8 Å². The van der Waals surface area contributed by atoms with Crippen molar-refractivity contribution in [3.05, 3.63) is 24.3 Å². The zero-order chi connectivity index (χ0) is 11.5. The van der Waals surface area contributed by atoms with Crippen LogP contribution in [-0.2, 0) is 0 Å². The summed E-state index contributed by atoms with van der Waals surface area (Å²) < 4.78 is 5.28. The molecule has 0 aliphatic carbocycles. The van der Waals surface area contributed by atoms with E-state index in [1.54, 1.807) is 7.11 Å². The van der Waals surface area contributed by atoms with Crippen LogP contribution in [-0.4, -0.2) is 31.4 Å². The van der Waals surface area contributed by atoms with Crippen molar-refractivity contribution in [3.63, 3.8) is 0 Å². The van der Waals surface area contributed by atoms with Crippen molar-refractivity contribution >= 4 is 5.69 Å². The summed E-state index contributed by atoms with van der Waals surface area (Å²) in [5.74, 6) is 0.821. The molecule has 0 unspecified atom stereocenters. The van der Waals surface area contributed by atoms with E-state index in [1.807, 2.05) is 50.1 Å². The molecular formula is C12H19NO2. The molecule has 15 heavy (non-hydrogen) atoms. The fourth-order valence-electron chi connectivity index (χ4n) is 1.34. The largest absolute Gasteiger partial charge is 0.495 e. The molecule has 0 atom stereocenters. The van der Waals surface area contributed by atoms with Gasteiger partial charge in [-0.25, -0.2) is 0 Å². The first-order chi connectivity index (χ1) is 7.03. The number of likely N-dealkylation sites (N-methyl/N-ethyl adjacent to an activating group) is 1. The Hall–Kier alpha value is -1.22. The number of hydrogen-bond acceptors (Lipinski definition) is 3. The van der Waals surface area contributed by atoms with Crippen LogP contribution in [0.25, 0.3) is 0 Å². The zero-order valence-electron chi connectivity index (χ0n) is 9.82. The smallest absolute Gasteiger partial charge is 0.142 e. The number of methoxy groups -OCH3 is 1. The number of ether oxygens (including phenoxy) is 1. The highest BCUT2D eigenvalue weighted by Gasteiger charge is 2.24. The average Bonchev–Trinajstić information content (AvgIpc) is 2.28. The minimum atomic E-state index is -0.297. The Balaban J connectivity index is 3.05. The number of nitrogens with zero attached hydrogens (tertiary/aromatic N) is 1. The number of benzene rings is 1. The minimum absolute atomic E-state index is 0.0988. The SMILES string of the molecule is COc1ccccc1N(C)C(C)(C)CO. The number of aliphatic hydroxyl groups excluding tert-OH is 1. The summed E-state index contributed by atoms with van der Waals surface area (Å²) in [5.41, 5.74) is 0.688. The highest BCUT2D eigenvalue weighted by Crippen LogP contribution is 2.30. The lowest BCUT2D eigenvalue weighted by atomic mass is 10.0. The van der Waals surface area contributed by atoms with Crippen LogP contribution < -0.4 is 9.64 Å². The minimum Gasteiger partial charge on any atom is -0.495 e. The van der Waals surface area contributed by atoms with Gasteiger partial charge in [-0.15, -0.1) is 0 Å². The molecule has 1 N–H and O–H groups in total. The molecule has 3 heteroatoms. The van der Waals surface area contributed by atoms with Crippen molar-refractivity contribution in [2.75, 3.05) is 25.7 Å². The summed E-state index contributed by atoms with van der Waals surface area (Å²) in [5, 5.41) is 9.31. The van der Waals surface area contributed by atoms with Crippen LogP contribution in [0.2, 0.25) is 0 Å². The van der Waals surface area contributed by atoms with Gasteiger partial charge in [-0.1, -0.05) is 12.1 Å². The van der Waals surface area contributed by atoms with Gasteiger partial charge in [0, 0.05) is 7.05 Å². The van der Waals surface area contributed by atoms with Gasteiger partial charge in [-0.3, -0.25) is 0 Å². The van der Waals surface area contributed by atoms with E-state index in [0.29, 0.717) is 0 Å². The molecule has 0 aromatic heterocycles. The second-order valence-electron chi connectivity index (χ2n) is 4.20. The summed E-state index contributed by atoms with van der Waals surface area (Å²) in [4.78, 5) is 2.02. The van der Waals surface area contributed by atoms with Crippen molar-refractivity contribution < 1.29 is 9.84 Å². The first-order valence-corrected chi connectivity index (χ1v) is 5.00. The standard InChI is InChI=1S/C12H19NO2/c1-12(2,9-14)13(3)10-7-5-6-8-11(10)15-4/h5-8,14H,9H2,1-4H3. The molecule has 0 aliphatic heterocycles. The summed E-state index contributed by atoms with van der Waals surface area (Å²) >= 11 is 0. The van der Waals surface area contributed by atoms with Crippen LogP contribution >= 0.6 is 0 Å². The summed E-state index contributed by atoms with van der Waals surface area (Å²) in [6.45, 7) is 4.07. The molecule has 0 radical (unpaired) electrons. The van der Waals surface area contributed by atoms with Crippen molar-refractivity contribution in [2.45, 2.75) is 19.4 Å². The lowest BCUT2D eigenvalue weighted by Crippen LogP contribution is -2.44. The third-order valence-corrected chi connectivity index (χ3v) is 2.74. The van der Waals surface area contributed by atoms with Crippen molar-refractivity contribution in [2.24, 2.45) is 0 Å². The van der Waals surface area contributed by atoms with E-state index in [0.717, 1.165) is 11.4 Å². The maximum atomic E-state index is 9.31. The summed E-state index contributed by atoms with van der Waals surface area (Å²) in [6.07, 6.45) is 0. The highest BCUT2D eigenvalue weighted by molar-refractivity contribution is 5.59. The molecular weight excluding hydrogens is 190 g/mol. The second kappa shape index (κ2) is 4.53. The highest BCUT2D eigenvalue weighted by atomic mass is 16.5.